The van der Waals surface area contributed by atoms with E-state index >= 15 is 0 Å². The molecule has 0 saturated carbocycles. The lowest BCUT2D eigenvalue weighted by atomic mass is 9.91. The molecule has 1 heterocycles. The maximum atomic E-state index is 13.8. The van der Waals surface area contributed by atoms with E-state index in [1.807, 2.05) is 13.8 Å². The summed E-state index contributed by atoms with van der Waals surface area (Å²) in [6.07, 6.45) is 0.135. The van der Waals surface area contributed by atoms with Gasteiger partial charge in [0.1, 0.15) is 5.82 Å². The number of benzene rings is 1. The first-order chi connectivity index (χ1) is 9.41. The molecule has 0 amide bonds. The largest absolute Gasteiger partial charge is 0.314 e. The maximum absolute atomic E-state index is 13.8. The van der Waals surface area contributed by atoms with E-state index in [0.717, 1.165) is 26.2 Å². The van der Waals surface area contributed by atoms with E-state index in [9.17, 15) is 9.18 Å². The van der Waals surface area contributed by atoms with Gasteiger partial charge < -0.3 is 5.32 Å². The highest BCUT2D eigenvalue weighted by molar-refractivity contribution is 9.10. The van der Waals surface area contributed by atoms with Crippen molar-refractivity contribution in [1.29, 1.82) is 0 Å². The third-order valence-corrected chi connectivity index (χ3v) is 4.45. The Hall–Kier alpha value is -0.780. The predicted octanol–water partition coefficient (Wildman–Crippen LogP) is 2.38. The molecule has 1 aromatic carbocycles. The summed E-state index contributed by atoms with van der Waals surface area (Å²) in [5.41, 5.74) is -0.0943. The highest BCUT2D eigenvalue weighted by atomic mass is 79.9. The van der Waals surface area contributed by atoms with E-state index in [2.05, 4.69) is 26.1 Å². The molecule has 1 fully saturated rings. The van der Waals surface area contributed by atoms with Crippen molar-refractivity contribution in [1.82, 2.24) is 10.2 Å². The van der Waals surface area contributed by atoms with Crippen LogP contribution in [-0.4, -0.2) is 42.4 Å². The van der Waals surface area contributed by atoms with E-state index in [0.29, 0.717) is 10.0 Å². The van der Waals surface area contributed by atoms with Crippen molar-refractivity contribution in [3.8, 4) is 0 Å². The SMILES string of the molecule is CC(C)(C(=O)Cc1ccc(Br)cc1F)N1CCNCC1. The van der Waals surface area contributed by atoms with Crippen LogP contribution in [0.4, 0.5) is 4.39 Å². The molecule has 1 N–H and O–H groups in total. The number of ketones is 1. The number of nitrogens with zero attached hydrogens (tertiary/aromatic N) is 1. The average Bonchev–Trinajstić information content (AvgIpc) is 2.42. The Balaban J connectivity index is 2.09. The normalized spacial score (nSPS) is 17.2. The zero-order valence-corrected chi connectivity index (χ0v) is 13.5. The number of Topliss-reactive ketones (excluding diaryl/α,β-unsaturated/α-hetero) is 1. The summed E-state index contributed by atoms with van der Waals surface area (Å²) in [6.45, 7) is 7.34. The quantitative estimate of drug-likeness (QED) is 0.911. The molecule has 0 aromatic heterocycles. The van der Waals surface area contributed by atoms with Gasteiger partial charge in [0.15, 0.2) is 5.78 Å². The predicted molar refractivity (Wildman–Crippen MR) is 81.3 cm³/mol. The number of piperazine rings is 1. The summed E-state index contributed by atoms with van der Waals surface area (Å²) >= 11 is 3.22. The van der Waals surface area contributed by atoms with Crippen LogP contribution in [0.3, 0.4) is 0 Å². The Morgan fingerprint density at radius 1 is 1.40 bits per heavy atom. The molecule has 0 radical (unpaired) electrons. The van der Waals surface area contributed by atoms with E-state index in [-0.39, 0.29) is 18.0 Å². The lowest BCUT2D eigenvalue weighted by Crippen LogP contribution is -2.57. The van der Waals surface area contributed by atoms with E-state index in [4.69, 9.17) is 0 Å². The number of halogens is 2. The van der Waals surface area contributed by atoms with Crippen LogP contribution < -0.4 is 5.32 Å². The molecule has 1 aliphatic rings. The lowest BCUT2D eigenvalue weighted by molar-refractivity contribution is -0.129. The number of carbonyl (C=O) groups is 1. The van der Waals surface area contributed by atoms with Gasteiger partial charge in [-0.05, 0) is 31.5 Å². The smallest absolute Gasteiger partial charge is 0.156 e. The molecule has 0 spiro atoms. The minimum absolute atomic E-state index is 0.0561. The minimum Gasteiger partial charge on any atom is -0.314 e. The van der Waals surface area contributed by atoms with Crippen molar-refractivity contribution in [3.05, 3.63) is 34.1 Å². The molecule has 5 heteroatoms. The zero-order valence-electron chi connectivity index (χ0n) is 11.9. The molecule has 0 aliphatic carbocycles. The number of nitrogens with one attached hydrogen (secondary N) is 1. The van der Waals surface area contributed by atoms with Gasteiger partial charge in [0.25, 0.3) is 0 Å². The standard InChI is InChI=1S/C15H20BrFN2O/c1-15(2,19-7-5-18-6-8-19)14(20)9-11-3-4-12(16)10-13(11)17/h3-4,10,18H,5-9H2,1-2H3. The zero-order chi connectivity index (χ0) is 14.8. The Morgan fingerprint density at radius 2 is 2.05 bits per heavy atom. The molecule has 1 aliphatic heterocycles. The monoisotopic (exact) mass is 342 g/mol. The van der Waals surface area contributed by atoms with Gasteiger partial charge >= 0.3 is 0 Å². The van der Waals surface area contributed by atoms with Gasteiger partial charge in [-0.1, -0.05) is 22.0 Å². The van der Waals surface area contributed by atoms with Crippen LogP contribution in [0.15, 0.2) is 22.7 Å². The van der Waals surface area contributed by atoms with Crippen LogP contribution >= 0.6 is 15.9 Å². The van der Waals surface area contributed by atoms with Gasteiger partial charge in [0, 0.05) is 37.1 Å². The highest BCUT2D eigenvalue weighted by Gasteiger charge is 2.34. The molecular weight excluding hydrogens is 323 g/mol. The first-order valence-electron chi connectivity index (χ1n) is 6.84. The molecule has 0 unspecified atom stereocenters. The summed E-state index contributed by atoms with van der Waals surface area (Å²) in [5, 5.41) is 3.27. The van der Waals surface area contributed by atoms with Gasteiger partial charge in [-0.2, -0.15) is 0 Å². The van der Waals surface area contributed by atoms with Gasteiger partial charge in [-0.15, -0.1) is 0 Å². The summed E-state index contributed by atoms with van der Waals surface area (Å²) in [5.74, 6) is -0.274. The number of carbonyl (C=O) groups excluding carboxylic acids is 1. The Bertz CT molecular complexity index is 499. The van der Waals surface area contributed by atoms with Crippen LogP contribution in [-0.2, 0) is 11.2 Å². The van der Waals surface area contributed by atoms with Crippen molar-refractivity contribution >= 4 is 21.7 Å². The van der Waals surface area contributed by atoms with Crippen molar-refractivity contribution in [2.24, 2.45) is 0 Å². The molecule has 2 rings (SSSR count). The van der Waals surface area contributed by atoms with E-state index < -0.39 is 5.54 Å². The van der Waals surface area contributed by atoms with Crippen LogP contribution in [0.5, 0.6) is 0 Å². The second kappa shape index (κ2) is 6.33. The second-order valence-corrected chi connectivity index (χ2v) is 6.55. The van der Waals surface area contributed by atoms with Crippen molar-refractivity contribution in [2.75, 3.05) is 26.2 Å². The molecular formula is C15H20BrFN2O. The maximum Gasteiger partial charge on any atom is 0.156 e. The highest BCUT2D eigenvalue weighted by Crippen LogP contribution is 2.21. The first kappa shape index (κ1) is 15.6. The summed E-state index contributed by atoms with van der Waals surface area (Å²) in [6, 6.07) is 4.84. The number of hydrogen-bond acceptors (Lipinski definition) is 3. The summed E-state index contributed by atoms with van der Waals surface area (Å²) in [7, 11) is 0. The van der Waals surface area contributed by atoms with Crippen LogP contribution in [0.1, 0.15) is 19.4 Å². The fraction of sp³-hybridized carbons (Fsp3) is 0.533. The minimum atomic E-state index is -0.554. The van der Waals surface area contributed by atoms with Crippen LogP contribution in [0.2, 0.25) is 0 Å². The lowest BCUT2D eigenvalue weighted by Gasteiger charge is -2.40. The molecule has 0 bridgehead atoms. The molecule has 20 heavy (non-hydrogen) atoms. The number of rotatable bonds is 4. The molecule has 1 aromatic rings. The third kappa shape index (κ3) is 3.45. The van der Waals surface area contributed by atoms with Crippen LogP contribution in [0.25, 0.3) is 0 Å². The first-order valence-corrected chi connectivity index (χ1v) is 7.63. The van der Waals surface area contributed by atoms with Crippen molar-refractivity contribution in [2.45, 2.75) is 25.8 Å². The summed E-state index contributed by atoms with van der Waals surface area (Å²) in [4.78, 5) is 14.7. The summed E-state index contributed by atoms with van der Waals surface area (Å²) < 4.78 is 14.5. The van der Waals surface area contributed by atoms with Crippen LogP contribution in [0, 0.1) is 5.82 Å². The van der Waals surface area contributed by atoms with Gasteiger partial charge in [0.2, 0.25) is 0 Å². The van der Waals surface area contributed by atoms with E-state index in [1.54, 1.807) is 12.1 Å². The van der Waals surface area contributed by atoms with Crippen molar-refractivity contribution < 1.29 is 9.18 Å². The fourth-order valence-electron chi connectivity index (χ4n) is 2.45. The van der Waals surface area contributed by atoms with Gasteiger partial charge in [0.05, 0.1) is 5.54 Å². The molecule has 110 valence electrons. The molecule has 3 nitrogen and oxygen atoms in total. The topological polar surface area (TPSA) is 32.3 Å². The molecule has 0 atom stereocenters. The average molecular weight is 343 g/mol. The third-order valence-electron chi connectivity index (χ3n) is 3.96. The second-order valence-electron chi connectivity index (χ2n) is 5.63. The van der Waals surface area contributed by atoms with Gasteiger partial charge in [-0.3, -0.25) is 9.69 Å². The van der Waals surface area contributed by atoms with E-state index in [1.165, 1.54) is 6.07 Å². The fourth-order valence-corrected chi connectivity index (χ4v) is 2.79. The Kier molecular flexibility index (Phi) is 4.94. The Labute approximate surface area is 127 Å². The number of hydrogen-bond donors (Lipinski definition) is 1. The van der Waals surface area contributed by atoms with Crippen molar-refractivity contribution in [3.63, 3.8) is 0 Å². The molecule has 1 saturated heterocycles. The van der Waals surface area contributed by atoms with Gasteiger partial charge in [-0.25, -0.2) is 4.39 Å². The Morgan fingerprint density at radius 3 is 2.65 bits per heavy atom.